The third kappa shape index (κ3) is 6.82. The van der Waals surface area contributed by atoms with Crippen molar-refractivity contribution >= 4 is 58.4 Å². The molecule has 0 heterocycles. The van der Waals surface area contributed by atoms with Gasteiger partial charge in [-0.1, -0.05) is 66.0 Å². The largest absolute Gasteiger partial charge is 0.357 e. The third-order valence-electron chi connectivity index (χ3n) is 4.41. The van der Waals surface area contributed by atoms with Gasteiger partial charge in [0, 0.05) is 24.4 Å². The highest BCUT2D eigenvalue weighted by atomic mass is 35.5. The molecule has 4 nitrogen and oxygen atoms in total. The van der Waals surface area contributed by atoms with Gasteiger partial charge in [-0.25, -0.2) is 0 Å². The molecular weight excluding hydrogens is 451 g/mol. The first kappa shape index (κ1) is 23.9. The number of amides is 2. The van der Waals surface area contributed by atoms with E-state index in [1.54, 1.807) is 30.1 Å². The van der Waals surface area contributed by atoms with Gasteiger partial charge in [0.2, 0.25) is 11.8 Å². The van der Waals surface area contributed by atoms with Gasteiger partial charge in [0.1, 0.15) is 6.04 Å². The molecule has 29 heavy (non-hydrogen) atoms. The van der Waals surface area contributed by atoms with Crippen LogP contribution in [0.5, 0.6) is 0 Å². The van der Waals surface area contributed by atoms with Gasteiger partial charge in [0.05, 0.1) is 15.8 Å². The van der Waals surface area contributed by atoms with E-state index >= 15 is 0 Å². The van der Waals surface area contributed by atoms with Crippen LogP contribution in [0, 0.1) is 0 Å². The number of carbonyl (C=O) groups is 2. The summed E-state index contributed by atoms with van der Waals surface area (Å²) in [6.07, 6.45) is 0.507. The first-order valence-electron chi connectivity index (χ1n) is 9.13. The number of hydrogen-bond acceptors (Lipinski definition) is 3. The number of nitrogens with zero attached hydrogens (tertiary/aromatic N) is 1. The Bertz CT molecular complexity index is 864. The summed E-state index contributed by atoms with van der Waals surface area (Å²) in [6.45, 7) is 2.16. The molecule has 2 rings (SSSR count). The molecule has 8 heteroatoms. The second-order valence-electron chi connectivity index (χ2n) is 6.39. The minimum absolute atomic E-state index is 0.120. The topological polar surface area (TPSA) is 49.4 Å². The number of benzene rings is 2. The fourth-order valence-corrected chi connectivity index (χ4v) is 4.24. The molecule has 1 N–H and O–H groups in total. The van der Waals surface area contributed by atoms with Crippen molar-refractivity contribution in [2.24, 2.45) is 0 Å². The van der Waals surface area contributed by atoms with Crippen LogP contribution >= 0.6 is 46.6 Å². The Morgan fingerprint density at radius 1 is 1.07 bits per heavy atom. The predicted molar refractivity (Wildman–Crippen MR) is 123 cm³/mol. The number of likely N-dealkylation sites (N-methyl/N-ethyl adjacent to an activating group) is 1. The summed E-state index contributed by atoms with van der Waals surface area (Å²) in [6, 6.07) is 12.2. The van der Waals surface area contributed by atoms with E-state index in [-0.39, 0.29) is 24.1 Å². The number of thioether (sulfide) groups is 1. The fraction of sp³-hybridized carbons (Fsp3) is 0.333. The summed E-state index contributed by atoms with van der Waals surface area (Å²) in [5, 5.41) is 4.20. The van der Waals surface area contributed by atoms with Gasteiger partial charge < -0.3 is 10.2 Å². The zero-order valence-electron chi connectivity index (χ0n) is 16.3. The molecule has 156 valence electrons. The maximum Gasteiger partial charge on any atom is 0.242 e. The molecular formula is C21H23Cl3N2O2S. The lowest BCUT2D eigenvalue weighted by molar-refractivity contribution is -0.139. The monoisotopic (exact) mass is 472 g/mol. The maximum atomic E-state index is 13.0. The maximum absolute atomic E-state index is 13.0. The normalized spacial score (nSPS) is 11.8. The van der Waals surface area contributed by atoms with Crippen molar-refractivity contribution < 1.29 is 9.59 Å². The van der Waals surface area contributed by atoms with Crippen molar-refractivity contribution in [3.05, 3.63) is 68.7 Å². The Kier molecular flexibility index (Phi) is 9.63. The molecule has 2 amide bonds. The summed E-state index contributed by atoms with van der Waals surface area (Å²) in [5.41, 5.74) is 1.78. The van der Waals surface area contributed by atoms with Crippen molar-refractivity contribution in [3.63, 3.8) is 0 Å². The van der Waals surface area contributed by atoms with E-state index < -0.39 is 6.04 Å². The highest BCUT2D eigenvalue weighted by Gasteiger charge is 2.28. The average Bonchev–Trinajstić information content (AvgIpc) is 2.71. The van der Waals surface area contributed by atoms with Crippen molar-refractivity contribution in [1.82, 2.24) is 10.2 Å². The summed E-state index contributed by atoms with van der Waals surface area (Å²) >= 11 is 19.7. The third-order valence-corrected chi connectivity index (χ3v) is 6.51. The van der Waals surface area contributed by atoms with Gasteiger partial charge in [-0.05, 0) is 35.7 Å². The minimum atomic E-state index is -0.561. The van der Waals surface area contributed by atoms with E-state index in [1.807, 2.05) is 31.2 Å². The number of rotatable bonds is 9. The summed E-state index contributed by atoms with van der Waals surface area (Å²) in [5.74, 6) is 0.533. The molecule has 1 unspecified atom stereocenters. The van der Waals surface area contributed by atoms with E-state index in [4.69, 9.17) is 34.8 Å². The van der Waals surface area contributed by atoms with E-state index in [1.165, 1.54) is 11.8 Å². The fourth-order valence-electron chi connectivity index (χ4n) is 2.86. The van der Waals surface area contributed by atoms with Gasteiger partial charge >= 0.3 is 0 Å². The second-order valence-corrected chi connectivity index (χ2v) is 8.60. The molecule has 1 atom stereocenters. The summed E-state index contributed by atoms with van der Waals surface area (Å²) in [7, 11) is 1.57. The van der Waals surface area contributed by atoms with Crippen molar-refractivity contribution in [1.29, 1.82) is 0 Å². The average molecular weight is 474 g/mol. The molecule has 2 aromatic carbocycles. The highest BCUT2D eigenvalue weighted by molar-refractivity contribution is 7.99. The smallest absolute Gasteiger partial charge is 0.242 e. The minimum Gasteiger partial charge on any atom is -0.357 e. The van der Waals surface area contributed by atoms with Crippen LogP contribution in [0.15, 0.2) is 42.5 Å². The Hall–Kier alpha value is -1.40. The lowest BCUT2D eigenvalue weighted by atomic mass is 10.1. The van der Waals surface area contributed by atoms with Gasteiger partial charge in [-0.3, -0.25) is 9.59 Å². The van der Waals surface area contributed by atoms with E-state index in [0.29, 0.717) is 27.2 Å². The molecule has 0 bridgehead atoms. The van der Waals surface area contributed by atoms with Crippen LogP contribution in [0.1, 0.15) is 24.5 Å². The predicted octanol–water partition coefficient (Wildman–Crippen LogP) is 5.43. The summed E-state index contributed by atoms with van der Waals surface area (Å²) < 4.78 is 0. The van der Waals surface area contributed by atoms with Crippen LogP contribution in [0.3, 0.4) is 0 Å². The number of carbonyl (C=O) groups excluding carboxylic acids is 2. The van der Waals surface area contributed by atoms with Gasteiger partial charge in [-0.15, -0.1) is 11.8 Å². The van der Waals surface area contributed by atoms with Crippen LogP contribution < -0.4 is 5.32 Å². The molecule has 0 aliphatic carbocycles. The van der Waals surface area contributed by atoms with Crippen LogP contribution in [0.4, 0.5) is 0 Å². The molecule has 0 saturated carbocycles. The van der Waals surface area contributed by atoms with Crippen LogP contribution in [-0.4, -0.2) is 35.6 Å². The Balaban J connectivity index is 2.11. The summed E-state index contributed by atoms with van der Waals surface area (Å²) in [4.78, 5) is 27.0. The van der Waals surface area contributed by atoms with E-state index in [2.05, 4.69) is 5.32 Å². The Labute approximate surface area is 190 Å². The quantitative estimate of drug-likeness (QED) is 0.528. The number of nitrogens with one attached hydrogen (secondary N) is 1. The lowest BCUT2D eigenvalue weighted by Gasteiger charge is -2.30. The molecule has 0 spiro atoms. The molecule has 2 aromatic rings. The zero-order chi connectivity index (χ0) is 21.4. The van der Waals surface area contributed by atoms with Gasteiger partial charge in [0.15, 0.2) is 0 Å². The Morgan fingerprint density at radius 2 is 1.79 bits per heavy atom. The molecule has 0 fully saturated rings. The Morgan fingerprint density at radius 3 is 2.41 bits per heavy atom. The first-order chi connectivity index (χ1) is 13.9. The molecule has 0 saturated heterocycles. The molecule has 0 aliphatic rings. The lowest BCUT2D eigenvalue weighted by Crippen LogP contribution is -2.48. The van der Waals surface area contributed by atoms with Crippen LogP contribution in [0.2, 0.25) is 15.1 Å². The van der Waals surface area contributed by atoms with Gasteiger partial charge in [0.25, 0.3) is 0 Å². The van der Waals surface area contributed by atoms with Gasteiger partial charge in [-0.2, -0.15) is 0 Å². The van der Waals surface area contributed by atoms with Crippen LogP contribution in [0.25, 0.3) is 0 Å². The second kappa shape index (κ2) is 11.7. The van der Waals surface area contributed by atoms with E-state index in [0.717, 1.165) is 11.1 Å². The highest BCUT2D eigenvalue weighted by Crippen LogP contribution is 2.25. The van der Waals surface area contributed by atoms with Crippen LogP contribution in [-0.2, 0) is 21.9 Å². The molecule has 0 aromatic heterocycles. The molecule has 0 aliphatic heterocycles. The SMILES string of the molecule is CCC(C(=O)NC)N(Cc1ccccc1Cl)C(=O)CSCc1ccc(Cl)c(Cl)c1. The zero-order valence-corrected chi connectivity index (χ0v) is 19.3. The molecule has 0 radical (unpaired) electrons. The standard InChI is InChI=1S/C21H23Cl3N2O2S/c1-3-19(21(28)25-2)26(11-15-6-4-5-7-16(15)22)20(27)13-29-12-14-8-9-17(23)18(24)10-14/h4-10,19H,3,11-13H2,1-2H3,(H,25,28). The van der Waals surface area contributed by atoms with Crippen molar-refractivity contribution in [3.8, 4) is 0 Å². The van der Waals surface area contributed by atoms with Crippen molar-refractivity contribution in [2.45, 2.75) is 31.7 Å². The van der Waals surface area contributed by atoms with Crippen molar-refractivity contribution in [2.75, 3.05) is 12.8 Å². The first-order valence-corrected chi connectivity index (χ1v) is 11.4. The number of hydrogen-bond donors (Lipinski definition) is 1. The number of halogens is 3. The van der Waals surface area contributed by atoms with E-state index in [9.17, 15) is 9.59 Å².